The Morgan fingerprint density at radius 1 is 0.808 bits per heavy atom. The average molecular weight is 425 g/mol. The van der Waals surface area contributed by atoms with Crippen LogP contribution < -0.4 is 0 Å². The predicted molar refractivity (Wildman–Crippen MR) is 115 cm³/mol. The summed E-state index contributed by atoms with van der Waals surface area (Å²) in [6.07, 6.45) is 14.9. The number of benzene rings is 1. The van der Waals surface area contributed by atoms with E-state index in [2.05, 4.69) is 47.1 Å². The molecule has 1 aromatic rings. The Bertz CT molecular complexity index is 456. The van der Waals surface area contributed by atoms with Gasteiger partial charge in [-0.05, 0) is 36.8 Å². The van der Waals surface area contributed by atoms with Gasteiger partial charge < -0.3 is 4.74 Å². The highest BCUT2D eigenvalue weighted by atomic mass is 79.9. The van der Waals surface area contributed by atoms with Gasteiger partial charge in [0.25, 0.3) is 0 Å². The highest BCUT2D eigenvalue weighted by molar-refractivity contribution is 9.09. The molecule has 0 unspecified atom stereocenters. The molecule has 1 rings (SSSR count). The Morgan fingerprint density at radius 3 is 2.08 bits per heavy atom. The van der Waals surface area contributed by atoms with Gasteiger partial charge in [-0.2, -0.15) is 0 Å². The number of ether oxygens (including phenoxy) is 1. The molecule has 0 aliphatic carbocycles. The molecule has 0 fully saturated rings. The van der Waals surface area contributed by atoms with E-state index in [0.29, 0.717) is 13.0 Å². The molecule has 0 spiro atoms. The molecule has 2 nitrogen and oxygen atoms in total. The molecular formula is C23H37BrO2. The van der Waals surface area contributed by atoms with Gasteiger partial charge in [-0.25, -0.2) is 0 Å². The first-order valence-corrected chi connectivity index (χ1v) is 11.7. The highest BCUT2D eigenvalue weighted by Gasteiger charge is 2.03. The van der Waals surface area contributed by atoms with Gasteiger partial charge >= 0.3 is 5.97 Å². The van der Waals surface area contributed by atoms with Crippen LogP contribution in [0.2, 0.25) is 0 Å². The third kappa shape index (κ3) is 12.5. The third-order valence-electron chi connectivity index (χ3n) is 4.76. The number of hydrogen-bond acceptors (Lipinski definition) is 2. The zero-order valence-corrected chi connectivity index (χ0v) is 18.2. The number of unbranched alkanes of at least 4 members (excludes halogenated alkanes) is 8. The van der Waals surface area contributed by atoms with Gasteiger partial charge in [0.05, 0.1) is 6.61 Å². The molecule has 0 saturated carbocycles. The molecule has 0 radical (unpaired) electrons. The normalized spacial score (nSPS) is 10.8. The summed E-state index contributed by atoms with van der Waals surface area (Å²) >= 11 is 3.44. The van der Waals surface area contributed by atoms with Gasteiger partial charge in [0, 0.05) is 18.2 Å². The van der Waals surface area contributed by atoms with E-state index in [9.17, 15) is 4.79 Å². The Hall–Kier alpha value is -0.830. The molecule has 0 saturated heterocycles. The van der Waals surface area contributed by atoms with Crippen molar-refractivity contribution in [2.45, 2.75) is 90.4 Å². The Balaban J connectivity index is 2.07. The number of aryl methyl sites for hydroxylation is 1. The zero-order valence-electron chi connectivity index (χ0n) is 16.6. The van der Waals surface area contributed by atoms with Gasteiger partial charge in [-0.1, -0.05) is 92.1 Å². The van der Waals surface area contributed by atoms with Crippen molar-refractivity contribution in [1.82, 2.24) is 0 Å². The van der Waals surface area contributed by atoms with Crippen LogP contribution in [0.15, 0.2) is 24.3 Å². The molecule has 0 N–H and O–H groups in total. The lowest BCUT2D eigenvalue weighted by molar-refractivity contribution is -0.143. The maximum absolute atomic E-state index is 11.7. The maximum Gasteiger partial charge on any atom is 0.305 e. The number of esters is 1. The van der Waals surface area contributed by atoms with Crippen molar-refractivity contribution in [3.63, 3.8) is 0 Å². The van der Waals surface area contributed by atoms with Crippen LogP contribution in [0, 0.1) is 0 Å². The van der Waals surface area contributed by atoms with Crippen LogP contribution in [0.3, 0.4) is 0 Å². The van der Waals surface area contributed by atoms with Gasteiger partial charge in [-0.15, -0.1) is 0 Å². The minimum Gasteiger partial charge on any atom is -0.465 e. The Morgan fingerprint density at radius 2 is 1.38 bits per heavy atom. The van der Waals surface area contributed by atoms with Crippen LogP contribution >= 0.6 is 15.9 Å². The van der Waals surface area contributed by atoms with Gasteiger partial charge in [-0.3, -0.25) is 4.79 Å². The van der Waals surface area contributed by atoms with Crippen molar-refractivity contribution in [2.75, 3.05) is 11.9 Å². The highest BCUT2D eigenvalue weighted by Crippen LogP contribution is 2.11. The molecule has 3 heteroatoms. The summed E-state index contributed by atoms with van der Waals surface area (Å²) in [6.45, 7) is 2.75. The summed E-state index contributed by atoms with van der Waals surface area (Å²) in [7, 11) is 0. The lowest BCUT2D eigenvalue weighted by Crippen LogP contribution is -2.07. The third-order valence-corrected chi connectivity index (χ3v) is 5.32. The first-order valence-electron chi connectivity index (χ1n) is 10.6. The summed E-state index contributed by atoms with van der Waals surface area (Å²) < 4.78 is 5.36. The van der Waals surface area contributed by atoms with Crippen LogP contribution in [-0.2, 0) is 22.4 Å². The molecule has 26 heavy (non-hydrogen) atoms. The standard InChI is InChI=1S/C23H37BrO2/c1-2-3-4-6-9-12-21-14-16-22(17-15-21)18-20-26-23(25)13-10-7-5-8-11-19-24/h14-17H,2-13,18-20H2,1H3. The van der Waals surface area contributed by atoms with Gasteiger partial charge in [0.15, 0.2) is 0 Å². The van der Waals surface area contributed by atoms with E-state index in [0.717, 1.165) is 24.6 Å². The van der Waals surface area contributed by atoms with E-state index in [1.807, 2.05) is 0 Å². The van der Waals surface area contributed by atoms with E-state index >= 15 is 0 Å². The summed E-state index contributed by atoms with van der Waals surface area (Å²) in [6, 6.07) is 8.81. The molecule has 0 aliphatic rings. The van der Waals surface area contributed by atoms with Crippen LogP contribution in [0.5, 0.6) is 0 Å². The number of rotatable bonds is 16. The lowest BCUT2D eigenvalue weighted by Gasteiger charge is -2.07. The number of alkyl halides is 1. The lowest BCUT2D eigenvalue weighted by atomic mass is 10.0. The van der Waals surface area contributed by atoms with Crippen LogP contribution in [0.4, 0.5) is 0 Å². The molecule has 0 heterocycles. The number of carbonyl (C=O) groups excluding carboxylic acids is 1. The van der Waals surface area contributed by atoms with Crippen molar-refractivity contribution in [2.24, 2.45) is 0 Å². The zero-order chi connectivity index (χ0) is 18.9. The molecule has 1 aromatic carbocycles. The first kappa shape index (κ1) is 23.2. The summed E-state index contributed by atoms with van der Waals surface area (Å²) in [5.41, 5.74) is 2.67. The van der Waals surface area contributed by atoms with E-state index in [1.54, 1.807) is 0 Å². The van der Waals surface area contributed by atoms with Crippen LogP contribution in [0.25, 0.3) is 0 Å². The molecule has 0 aliphatic heterocycles. The quantitative estimate of drug-likeness (QED) is 0.162. The van der Waals surface area contributed by atoms with Gasteiger partial charge in [0.1, 0.15) is 0 Å². The number of halogens is 1. The second-order valence-corrected chi connectivity index (χ2v) is 7.95. The Labute approximate surface area is 169 Å². The predicted octanol–water partition coefficient (Wildman–Crippen LogP) is 7.02. The fraction of sp³-hybridized carbons (Fsp3) is 0.696. The number of carbonyl (C=O) groups is 1. The van der Waals surface area contributed by atoms with E-state index < -0.39 is 0 Å². The fourth-order valence-corrected chi connectivity index (χ4v) is 3.45. The van der Waals surface area contributed by atoms with Crippen molar-refractivity contribution in [3.8, 4) is 0 Å². The second-order valence-electron chi connectivity index (χ2n) is 7.16. The van der Waals surface area contributed by atoms with E-state index in [4.69, 9.17) is 4.74 Å². The smallest absolute Gasteiger partial charge is 0.305 e. The Kier molecular flexibility index (Phi) is 14.6. The second kappa shape index (κ2) is 16.4. The first-order chi connectivity index (χ1) is 12.8. The van der Waals surface area contributed by atoms with Crippen molar-refractivity contribution < 1.29 is 9.53 Å². The number of hydrogen-bond donors (Lipinski definition) is 0. The monoisotopic (exact) mass is 424 g/mol. The molecule has 0 amide bonds. The molecule has 0 atom stereocenters. The van der Waals surface area contributed by atoms with Crippen molar-refractivity contribution >= 4 is 21.9 Å². The minimum atomic E-state index is -0.0470. The van der Waals surface area contributed by atoms with Crippen LogP contribution in [0.1, 0.15) is 88.7 Å². The fourth-order valence-electron chi connectivity index (χ4n) is 3.05. The van der Waals surface area contributed by atoms with Crippen molar-refractivity contribution in [1.29, 1.82) is 0 Å². The van der Waals surface area contributed by atoms with Gasteiger partial charge in [0.2, 0.25) is 0 Å². The summed E-state index contributed by atoms with van der Waals surface area (Å²) in [4.78, 5) is 11.7. The molecule has 0 bridgehead atoms. The average Bonchev–Trinajstić information content (AvgIpc) is 2.65. The van der Waals surface area contributed by atoms with E-state index in [-0.39, 0.29) is 5.97 Å². The van der Waals surface area contributed by atoms with Crippen LogP contribution in [-0.4, -0.2) is 17.9 Å². The minimum absolute atomic E-state index is 0.0470. The summed E-state index contributed by atoms with van der Waals surface area (Å²) in [5, 5.41) is 1.08. The molecule has 0 aromatic heterocycles. The SMILES string of the molecule is CCCCCCCc1ccc(CCOC(=O)CCCCCCCBr)cc1. The largest absolute Gasteiger partial charge is 0.465 e. The molecular weight excluding hydrogens is 388 g/mol. The molecule has 148 valence electrons. The van der Waals surface area contributed by atoms with Crippen molar-refractivity contribution in [3.05, 3.63) is 35.4 Å². The maximum atomic E-state index is 11.7. The topological polar surface area (TPSA) is 26.3 Å². The summed E-state index contributed by atoms with van der Waals surface area (Å²) in [5.74, 6) is -0.0470. The van der Waals surface area contributed by atoms with E-state index in [1.165, 1.54) is 68.9 Å².